The average Bonchev–Trinajstić information content (AvgIpc) is 2.93. The number of para-hydroxylation sites is 1. The zero-order valence-corrected chi connectivity index (χ0v) is 21.7. The molecule has 3 aromatic carbocycles. The third kappa shape index (κ3) is 5.16. The number of piperazine rings is 1. The van der Waals surface area contributed by atoms with E-state index in [-0.39, 0.29) is 11.7 Å². The summed E-state index contributed by atoms with van der Waals surface area (Å²) in [5, 5.41) is 1.29. The van der Waals surface area contributed by atoms with Crippen LogP contribution < -0.4 is 9.64 Å². The maximum atomic E-state index is 13.8. The molecule has 1 aliphatic heterocycles. The summed E-state index contributed by atoms with van der Waals surface area (Å²) in [6, 6.07) is 22.7. The van der Waals surface area contributed by atoms with E-state index in [0.29, 0.717) is 60.1 Å². The normalized spacial score (nSPS) is 13.6. The molecule has 5 rings (SSSR count). The first-order valence-corrected chi connectivity index (χ1v) is 12.8. The van der Waals surface area contributed by atoms with Gasteiger partial charge in [0.25, 0.3) is 5.91 Å². The SMILES string of the molecule is CCOc1ccccc1-c1cc(C(=O)N2CCN(c3ccc(C(C)=O)cc3)CC2)c2cc(Cl)ccc2n1. The van der Waals surface area contributed by atoms with Crippen molar-refractivity contribution >= 4 is 39.9 Å². The van der Waals surface area contributed by atoms with Crippen molar-refractivity contribution in [2.24, 2.45) is 0 Å². The van der Waals surface area contributed by atoms with Crippen LogP contribution in [0.2, 0.25) is 5.02 Å². The first-order chi connectivity index (χ1) is 17.9. The van der Waals surface area contributed by atoms with Crippen molar-refractivity contribution < 1.29 is 14.3 Å². The molecule has 1 fully saturated rings. The lowest BCUT2D eigenvalue weighted by atomic mass is 10.0. The van der Waals surface area contributed by atoms with Gasteiger partial charge in [-0.1, -0.05) is 23.7 Å². The molecule has 0 spiro atoms. The fourth-order valence-electron chi connectivity index (χ4n) is 4.72. The number of anilines is 1. The summed E-state index contributed by atoms with van der Waals surface area (Å²) in [4.78, 5) is 34.4. The van der Waals surface area contributed by atoms with E-state index in [1.807, 2.05) is 78.6 Å². The Morgan fingerprint density at radius 1 is 0.946 bits per heavy atom. The van der Waals surface area contributed by atoms with Crippen LogP contribution in [0.1, 0.15) is 34.6 Å². The molecule has 0 saturated carbocycles. The molecule has 0 bridgehead atoms. The first-order valence-electron chi connectivity index (χ1n) is 12.4. The van der Waals surface area contributed by atoms with Crippen LogP contribution >= 0.6 is 11.6 Å². The Morgan fingerprint density at radius 2 is 1.68 bits per heavy atom. The van der Waals surface area contributed by atoms with E-state index in [9.17, 15) is 9.59 Å². The van der Waals surface area contributed by atoms with Crippen LogP contribution in [-0.4, -0.2) is 54.4 Å². The molecule has 0 atom stereocenters. The molecule has 4 aromatic rings. The van der Waals surface area contributed by atoms with E-state index in [2.05, 4.69) is 4.90 Å². The van der Waals surface area contributed by atoms with Crippen LogP contribution in [-0.2, 0) is 0 Å². The van der Waals surface area contributed by atoms with Gasteiger partial charge in [0.1, 0.15) is 5.75 Å². The molecule has 7 heteroatoms. The Hall–Kier alpha value is -3.90. The number of halogens is 1. The quantitative estimate of drug-likeness (QED) is 0.291. The molecular formula is C30H28ClN3O3. The molecule has 1 saturated heterocycles. The Labute approximate surface area is 221 Å². The predicted octanol–water partition coefficient (Wildman–Crippen LogP) is 6.12. The van der Waals surface area contributed by atoms with Crippen LogP contribution in [0.3, 0.4) is 0 Å². The number of ketones is 1. The summed E-state index contributed by atoms with van der Waals surface area (Å²) >= 11 is 6.32. The van der Waals surface area contributed by atoms with Gasteiger partial charge in [-0.3, -0.25) is 9.59 Å². The molecule has 1 amide bonds. The Bertz CT molecular complexity index is 1460. The van der Waals surface area contributed by atoms with Gasteiger partial charge in [0.05, 0.1) is 23.4 Å². The molecule has 6 nitrogen and oxygen atoms in total. The second kappa shape index (κ2) is 10.6. The third-order valence-corrected chi connectivity index (χ3v) is 6.90. The number of fused-ring (bicyclic) bond motifs is 1. The van der Waals surface area contributed by atoms with E-state index in [4.69, 9.17) is 21.3 Å². The zero-order valence-electron chi connectivity index (χ0n) is 20.9. The first kappa shape index (κ1) is 24.8. The number of Topliss-reactive ketones (excluding diaryl/α,β-unsaturated/α-hetero) is 1. The van der Waals surface area contributed by atoms with Crippen molar-refractivity contribution in [3.8, 4) is 17.0 Å². The Balaban J connectivity index is 1.44. The minimum absolute atomic E-state index is 0.0450. The van der Waals surface area contributed by atoms with Crippen LogP contribution in [0, 0.1) is 0 Å². The van der Waals surface area contributed by atoms with Crippen LogP contribution in [0.15, 0.2) is 72.8 Å². The minimum Gasteiger partial charge on any atom is -0.493 e. The lowest BCUT2D eigenvalue weighted by molar-refractivity contribution is 0.0748. The minimum atomic E-state index is -0.0450. The van der Waals surface area contributed by atoms with E-state index in [0.717, 1.165) is 22.4 Å². The number of aromatic nitrogens is 1. The van der Waals surface area contributed by atoms with Crippen molar-refractivity contribution in [3.05, 3.63) is 88.9 Å². The molecule has 1 aliphatic rings. The van der Waals surface area contributed by atoms with Gasteiger partial charge in [0, 0.05) is 53.4 Å². The number of carbonyl (C=O) groups excluding carboxylic acids is 2. The number of pyridine rings is 1. The largest absolute Gasteiger partial charge is 0.493 e. The van der Waals surface area contributed by atoms with E-state index in [1.165, 1.54) is 0 Å². The summed E-state index contributed by atoms with van der Waals surface area (Å²) in [7, 11) is 0. The summed E-state index contributed by atoms with van der Waals surface area (Å²) < 4.78 is 5.83. The number of carbonyl (C=O) groups is 2. The van der Waals surface area contributed by atoms with Crippen molar-refractivity contribution in [3.63, 3.8) is 0 Å². The molecule has 0 unspecified atom stereocenters. The summed E-state index contributed by atoms with van der Waals surface area (Å²) in [6.45, 7) is 6.62. The number of benzene rings is 3. The lowest BCUT2D eigenvalue weighted by Gasteiger charge is -2.36. The van der Waals surface area contributed by atoms with Crippen molar-refractivity contribution in [2.45, 2.75) is 13.8 Å². The van der Waals surface area contributed by atoms with Crippen LogP contribution in [0.4, 0.5) is 5.69 Å². The maximum Gasteiger partial charge on any atom is 0.254 e. The standard InChI is InChI=1S/C30H28ClN3O3/c1-3-37-29-7-5-4-6-24(29)28-19-26(25-18-22(31)10-13-27(25)32-28)30(36)34-16-14-33(15-17-34)23-11-8-21(9-12-23)20(2)35/h4-13,18-19H,3,14-17H2,1-2H3. The highest BCUT2D eigenvalue weighted by Crippen LogP contribution is 2.33. The molecule has 0 radical (unpaired) electrons. The van der Waals surface area contributed by atoms with Gasteiger partial charge in [0.2, 0.25) is 0 Å². The van der Waals surface area contributed by atoms with E-state index in [1.54, 1.807) is 13.0 Å². The molecular weight excluding hydrogens is 486 g/mol. The van der Waals surface area contributed by atoms with Gasteiger partial charge in [-0.15, -0.1) is 0 Å². The number of amides is 1. The second-order valence-electron chi connectivity index (χ2n) is 9.03. The predicted molar refractivity (Wildman–Crippen MR) is 148 cm³/mol. The highest BCUT2D eigenvalue weighted by Gasteiger charge is 2.25. The second-order valence-corrected chi connectivity index (χ2v) is 9.46. The summed E-state index contributed by atoms with van der Waals surface area (Å²) in [5.41, 5.74) is 4.56. The molecule has 37 heavy (non-hydrogen) atoms. The van der Waals surface area contributed by atoms with Gasteiger partial charge < -0.3 is 14.5 Å². The molecule has 2 heterocycles. The smallest absolute Gasteiger partial charge is 0.254 e. The van der Waals surface area contributed by atoms with Crippen LogP contribution in [0.25, 0.3) is 22.2 Å². The van der Waals surface area contributed by atoms with Crippen LogP contribution in [0.5, 0.6) is 5.75 Å². The summed E-state index contributed by atoms with van der Waals surface area (Å²) in [6.07, 6.45) is 0. The van der Waals surface area contributed by atoms with Gasteiger partial charge in [-0.25, -0.2) is 4.98 Å². The molecule has 0 N–H and O–H groups in total. The van der Waals surface area contributed by atoms with Gasteiger partial charge in [-0.05, 0) is 74.5 Å². The third-order valence-electron chi connectivity index (χ3n) is 6.67. The number of hydrogen-bond acceptors (Lipinski definition) is 5. The van der Waals surface area contributed by atoms with Gasteiger partial charge >= 0.3 is 0 Å². The number of nitrogens with zero attached hydrogens (tertiary/aromatic N) is 3. The summed E-state index contributed by atoms with van der Waals surface area (Å²) in [5.74, 6) is 0.736. The Kier molecular flexibility index (Phi) is 7.10. The molecule has 188 valence electrons. The fourth-order valence-corrected chi connectivity index (χ4v) is 4.89. The topological polar surface area (TPSA) is 62.7 Å². The number of rotatable bonds is 6. The highest BCUT2D eigenvalue weighted by atomic mass is 35.5. The average molecular weight is 514 g/mol. The number of ether oxygens (including phenoxy) is 1. The van der Waals surface area contributed by atoms with Crippen molar-refractivity contribution in [1.29, 1.82) is 0 Å². The number of hydrogen-bond donors (Lipinski definition) is 0. The van der Waals surface area contributed by atoms with E-state index >= 15 is 0 Å². The van der Waals surface area contributed by atoms with Crippen molar-refractivity contribution in [2.75, 3.05) is 37.7 Å². The van der Waals surface area contributed by atoms with Gasteiger partial charge in [0.15, 0.2) is 5.78 Å². The Morgan fingerprint density at radius 3 is 2.38 bits per heavy atom. The lowest BCUT2D eigenvalue weighted by Crippen LogP contribution is -2.48. The van der Waals surface area contributed by atoms with E-state index < -0.39 is 0 Å². The fraction of sp³-hybridized carbons (Fsp3) is 0.233. The molecule has 0 aliphatic carbocycles. The molecule has 1 aromatic heterocycles. The monoisotopic (exact) mass is 513 g/mol. The zero-order chi connectivity index (χ0) is 25.9. The maximum absolute atomic E-state index is 13.8. The highest BCUT2D eigenvalue weighted by molar-refractivity contribution is 6.31. The van der Waals surface area contributed by atoms with Crippen molar-refractivity contribution in [1.82, 2.24) is 9.88 Å². The van der Waals surface area contributed by atoms with Gasteiger partial charge in [-0.2, -0.15) is 0 Å².